The second kappa shape index (κ2) is 9.32. The van der Waals surface area contributed by atoms with Gasteiger partial charge in [0.1, 0.15) is 5.82 Å². The first-order valence-corrected chi connectivity index (χ1v) is 9.58. The van der Waals surface area contributed by atoms with Gasteiger partial charge in [0.15, 0.2) is 0 Å². The molecule has 0 aromatic heterocycles. The summed E-state index contributed by atoms with van der Waals surface area (Å²) in [4.78, 5) is 40.2. The zero-order valence-corrected chi connectivity index (χ0v) is 16.4. The number of carbonyl (C=O) groups is 3. The number of ketones is 1. The van der Waals surface area contributed by atoms with Crippen LogP contribution in [0.5, 0.6) is 0 Å². The third kappa shape index (κ3) is 5.40. The van der Waals surface area contributed by atoms with Crippen LogP contribution in [0.4, 0.5) is 10.1 Å². The van der Waals surface area contributed by atoms with Crippen molar-refractivity contribution in [3.63, 3.8) is 0 Å². The van der Waals surface area contributed by atoms with Gasteiger partial charge in [0.25, 0.3) is 5.91 Å². The molecule has 3 rings (SSSR count). The van der Waals surface area contributed by atoms with E-state index in [-0.39, 0.29) is 18.9 Å². The van der Waals surface area contributed by atoms with E-state index < -0.39 is 17.5 Å². The lowest BCUT2D eigenvalue weighted by atomic mass is 10.1. The van der Waals surface area contributed by atoms with Gasteiger partial charge in [-0.2, -0.15) is 0 Å². The van der Waals surface area contributed by atoms with E-state index in [9.17, 15) is 18.8 Å². The number of nitrogens with zero attached hydrogens (tertiary/aromatic N) is 2. The zero-order chi connectivity index (χ0) is 20.8. The predicted molar refractivity (Wildman–Crippen MR) is 108 cm³/mol. The minimum atomic E-state index is -0.832. The fourth-order valence-corrected chi connectivity index (χ4v) is 3.39. The summed E-state index contributed by atoms with van der Waals surface area (Å²) in [6, 6.07) is 13.7. The molecule has 1 aliphatic heterocycles. The lowest BCUT2D eigenvalue weighted by Gasteiger charge is -2.36. The molecule has 0 atom stereocenters. The minimum absolute atomic E-state index is 0.202. The summed E-state index contributed by atoms with van der Waals surface area (Å²) >= 11 is 0. The molecule has 1 heterocycles. The average Bonchev–Trinajstić information content (AvgIpc) is 2.72. The van der Waals surface area contributed by atoms with Crippen molar-refractivity contribution in [3.8, 4) is 0 Å². The summed E-state index contributed by atoms with van der Waals surface area (Å²) in [5.41, 5.74) is 2.77. The molecular formula is C22H24FN3O3. The number of hydrogen-bond acceptors (Lipinski definition) is 4. The molecule has 2 aromatic rings. The predicted octanol–water partition coefficient (Wildman–Crippen LogP) is 1.71. The molecule has 0 aliphatic carbocycles. The molecule has 29 heavy (non-hydrogen) atoms. The number of amides is 2. The summed E-state index contributed by atoms with van der Waals surface area (Å²) in [6.45, 7) is 4.37. The van der Waals surface area contributed by atoms with Crippen molar-refractivity contribution in [3.05, 3.63) is 65.5 Å². The van der Waals surface area contributed by atoms with Crippen molar-refractivity contribution in [2.75, 3.05) is 37.6 Å². The van der Waals surface area contributed by atoms with Gasteiger partial charge in [0, 0.05) is 38.3 Å². The highest BCUT2D eigenvalue weighted by Crippen LogP contribution is 2.20. The normalized spacial score (nSPS) is 13.9. The zero-order valence-electron chi connectivity index (χ0n) is 16.4. The van der Waals surface area contributed by atoms with E-state index in [2.05, 4.69) is 29.3 Å². The standard InChI is InChI=1S/C22H24FN3O3/c1-16-5-2-3-8-19(16)25-9-11-26(12-10-25)21(28)15-24-22(29)20(27)14-17-6-4-7-18(23)13-17/h2-8,13H,9-12,14-15H2,1H3,(H,24,29). The van der Waals surface area contributed by atoms with Crippen LogP contribution in [0.1, 0.15) is 11.1 Å². The van der Waals surface area contributed by atoms with Crippen LogP contribution in [-0.4, -0.2) is 55.2 Å². The summed E-state index contributed by atoms with van der Waals surface area (Å²) in [6.07, 6.45) is -0.202. The highest BCUT2D eigenvalue weighted by atomic mass is 19.1. The molecule has 2 aromatic carbocycles. The largest absolute Gasteiger partial charge is 0.368 e. The van der Waals surface area contributed by atoms with Gasteiger partial charge in [0.2, 0.25) is 11.7 Å². The van der Waals surface area contributed by atoms with E-state index in [1.807, 2.05) is 12.1 Å². The molecule has 6 nitrogen and oxygen atoms in total. The SMILES string of the molecule is Cc1ccccc1N1CCN(C(=O)CNC(=O)C(=O)Cc2cccc(F)c2)CC1. The number of hydrogen-bond donors (Lipinski definition) is 1. The van der Waals surface area contributed by atoms with Crippen LogP contribution in [0.3, 0.4) is 0 Å². The number of aryl methyl sites for hydroxylation is 1. The topological polar surface area (TPSA) is 69.7 Å². The van der Waals surface area contributed by atoms with Gasteiger partial charge < -0.3 is 15.1 Å². The van der Waals surface area contributed by atoms with E-state index in [0.717, 1.165) is 5.69 Å². The van der Waals surface area contributed by atoms with Gasteiger partial charge in [0.05, 0.1) is 6.54 Å². The number of rotatable bonds is 6. The van der Waals surface area contributed by atoms with Crippen molar-refractivity contribution in [2.24, 2.45) is 0 Å². The van der Waals surface area contributed by atoms with Gasteiger partial charge in [-0.1, -0.05) is 30.3 Å². The Bertz CT molecular complexity index is 908. The Morgan fingerprint density at radius 1 is 1.00 bits per heavy atom. The van der Waals surface area contributed by atoms with Gasteiger partial charge in [-0.05, 0) is 36.2 Å². The minimum Gasteiger partial charge on any atom is -0.368 e. The fraction of sp³-hybridized carbons (Fsp3) is 0.318. The smallest absolute Gasteiger partial charge is 0.288 e. The lowest BCUT2D eigenvalue weighted by Crippen LogP contribution is -2.51. The number of anilines is 1. The van der Waals surface area contributed by atoms with Crippen LogP contribution in [-0.2, 0) is 20.8 Å². The maximum Gasteiger partial charge on any atom is 0.288 e. The van der Waals surface area contributed by atoms with Gasteiger partial charge in [-0.15, -0.1) is 0 Å². The second-order valence-corrected chi connectivity index (χ2v) is 7.07. The van der Waals surface area contributed by atoms with E-state index in [1.54, 1.807) is 11.0 Å². The lowest BCUT2D eigenvalue weighted by molar-refractivity contribution is -0.139. The van der Waals surface area contributed by atoms with Gasteiger partial charge in [-0.3, -0.25) is 14.4 Å². The number of para-hydroxylation sites is 1. The third-order valence-electron chi connectivity index (χ3n) is 5.00. The van der Waals surface area contributed by atoms with E-state index in [4.69, 9.17) is 0 Å². The molecule has 0 bridgehead atoms. The number of halogens is 1. The second-order valence-electron chi connectivity index (χ2n) is 7.07. The monoisotopic (exact) mass is 397 g/mol. The number of Topliss-reactive ketones (excluding diaryl/α,β-unsaturated/α-hetero) is 1. The highest BCUT2D eigenvalue weighted by Gasteiger charge is 2.23. The van der Waals surface area contributed by atoms with Crippen LogP contribution in [0.25, 0.3) is 0 Å². The van der Waals surface area contributed by atoms with E-state index in [1.165, 1.54) is 23.8 Å². The van der Waals surface area contributed by atoms with Crippen LogP contribution < -0.4 is 10.2 Å². The first kappa shape index (κ1) is 20.5. The van der Waals surface area contributed by atoms with Crippen molar-refractivity contribution < 1.29 is 18.8 Å². The van der Waals surface area contributed by atoms with Crippen molar-refractivity contribution in [1.82, 2.24) is 10.2 Å². The Labute approximate surface area is 169 Å². The Kier molecular flexibility index (Phi) is 6.59. The summed E-state index contributed by atoms with van der Waals surface area (Å²) in [5, 5.41) is 2.38. The molecule has 0 unspecified atom stereocenters. The molecular weight excluding hydrogens is 373 g/mol. The number of piperazine rings is 1. The maximum atomic E-state index is 13.2. The number of carbonyl (C=O) groups excluding carboxylic acids is 3. The first-order chi connectivity index (χ1) is 13.9. The molecule has 152 valence electrons. The summed E-state index contributed by atoms with van der Waals surface area (Å²) in [5.74, 6) is -2.22. The van der Waals surface area contributed by atoms with Crippen LogP contribution in [0.2, 0.25) is 0 Å². The molecule has 0 radical (unpaired) electrons. The van der Waals surface area contributed by atoms with E-state index >= 15 is 0 Å². The first-order valence-electron chi connectivity index (χ1n) is 9.58. The number of benzene rings is 2. The Balaban J connectivity index is 1.44. The average molecular weight is 397 g/mol. The third-order valence-corrected chi connectivity index (χ3v) is 5.00. The van der Waals surface area contributed by atoms with Crippen LogP contribution in [0.15, 0.2) is 48.5 Å². The highest BCUT2D eigenvalue weighted by molar-refractivity contribution is 6.36. The van der Waals surface area contributed by atoms with Gasteiger partial charge >= 0.3 is 0 Å². The Morgan fingerprint density at radius 3 is 2.41 bits per heavy atom. The van der Waals surface area contributed by atoms with Crippen molar-refractivity contribution in [1.29, 1.82) is 0 Å². The number of nitrogens with one attached hydrogen (secondary N) is 1. The molecule has 1 saturated heterocycles. The summed E-state index contributed by atoms with van der Waals surface area (Å²) < 4.78 is 13.2. The molecule has 1 aliphatic rings. The fourth-order valence-electron chi connectivity index (χ4n) is 3.39. The molecule has 7 heteroatoms. The quantitative estimate of drug-likeness (QED) is 0.754. The van der Waals surface area contributed by atoms with Crippen LogP contribution in [0, 0.1) is 12.7 Å². The maximum absolute atomic E-state index is 13.2. The Hall–Kier alpha value is -3.22. The van der Waals surface area contributed by atoms with Crippen molar-refractivity contribution in [2.45, 2.75) is 13.3 Å². The molecule has 1 N–H and O–H groups in total. The van der Waals surface area contributed by atoms with Gasteiger partial charge in [-0.25, -0.2) is 4.39 Å². The van der Waals surface area contributed by atoms with Crippen LogP contribution >= 0.6 is 0 Å². The molecule has 0 spiro atoms. The Morgan fingerprint density at radius 2 is 1.72 bits per heavy atom. The van der Waals surface area contributed by atoms with E-state index in [0.29, 0.717) is 31.7 Å². The molecule has 0 saturated carbocycles. The van der Waals surface area contributed by atoms with Crippen molar-refractivity contribution >= 4 is 23.3 Å². The summed E-state index contributed by atoms with van der Waals surface area (Å²) in [7, 11) is 0. The molecule has 2 amide bonds. The molecule has 1 fully saturated rings.